The highest BCUT2D eigenvalue weighted by atomic mass is 32.1. The van der Waals surface area contributed by atoms with Crippen molar-refractivity contribution in [2.75, 3.05) is 44.3 Å². The van der Waals surface area contributed by atoms with E-state index in [4.69, 9.17) is 4.74 Å². The van der Waals surface area contributed by atoms with E-state index in [-0.39, 0.29) is 5.41 Å². The lowest BCUT2D eigenvalue weighted by atomic mass is 9.80. The summed E-state index contributed by atoms with van der Waals surface area (Å²) in [4.78, 5) is 18.3. The van der Waals surface area contributed by atoms with Crippen molar-refractivity contribution in [3.05, 3.63) is 34.7 Å². The zero-order chi connectivity index (χ0) is 17.1. The number of rotatable bonds is 3. The quantitative estimate of drug-likeness (QED) is 0.839. The van der Waals surface area contributed by atoms with Crippen LogP contribution in [0.4, 0.5) is 5.82 Å². The monoisotopic (exact) mass is 359 g/mol. The summed E-state index contributed by atoms with van der Waals surface area (Å²) in [7, 11) is 0. The zero-order valence-corrected chi connectivity index (χ0v) is 15.5. The van der Waals surface area contributed by atoms with Gasteiger partial charge in [-0.2, -0.15) is 0 Å². The molecule has 4 heterocycles. The molecule has 1 spiro atoms. The molecule has 0 radical (unpaired) electrons. The molecule has 134 valence electrons. The molecular formula is C18H25N5OS. The number of likely N-dealkylation sites (tertiary alicyclic amines) is 1. The van der Waals surface area contributed by atoms with Crippen LogP contribution in [0.5, 0.6) is 0 Å². The zero-order valence-electron chi connectivity index (χ0n) is 14.7. The first-order chi connectivity index (χ1) is 12.2. The molecule has 0 aromatic carbocycles. The number of thiazole rings is 1. The molecule has 2 aromatic rings. The summed E-state index contributed by atoms with van der Waals surface area (Å²) < 4.78 is 6.01. The molecule has 25 heavy (non-hydrogen) atoms. The summed E-state index contributed by atoms with van der Waals surface area (Å²) >= 11 is 1.74. The molecule has 0 saturated carbocycles. The van der Waals surface area contributed by atoms with Gasteiger partial charge < -0.3 is 9.64 Å². The van der Waals surface area contributed by atoms with Gasteiger partial charge in [0.05, 0.1) is 30.1 Å². The maximum atomic E-state index is 6.01. The van der Waals surface area contributed by atoms with E-state index in [2.05, 4.69) is 37.1 Å². The number of piperidine rings is 1. The van der Waals surface area contributed by atoms with Gasteiger partial charge in [-0.05, 0) is 26.3 Å². The van der Waals surface area contributed by atoms with Gasteiger partial charge in [-0.3, -0.25) is 9.88 Å². The molecule has 0 aliphatic carbocycles. The third-order valence-corrected chi connectivity index (χ3v) is 5.93. The van der Waals surface area contributed by atoms with Crippen LogP contribution in [0.1, 0.15) is 23.5 Å². The fourth-order valence-corrected chi connectivity index (χ4v) is 4.65. The van der Waals surface area contributed by atoms with Crippen molar-refractivity contribution in [1.82, 2.24) is 19.9 Å². The second kappa shape index (κ2) is 7.35. The molecule has 0 N–H and O–H groups in total. The van der Waals surface area contributed by atoms with Crippen LogP contribution in [0.3, 0.4) is 0 Å². The van der Waals surface area contributed by atoms with E-state index in [1.54, 1.807) is 23.7 Å². The van der Waals surface area contributed by atoms with Crippen LogP contribution in [-0.2, 0) is 11.3 Å². The van der Waals surface area contributed by atoms with Gasteiger partial charge in [0.2, 0.25) is 0 Å². The van der Waals surface area contributed by atoms with Gasteiger partial charge >= 0.3 is 0 Å². The van der Waals surface area contributed by atoms with E-state index in [1.807, 2.05) is 6.20 Å². The summed E-state index contributed by atoms with van der Waals surface area (Å²) in [6, 6.07) is 0. The molecule has 2 saturated heterocycles. The van der Waals surface area contributed by atoms with Gasteiger partial charge in [-0.1, -0.05) is 0 Å². The van der Waals surface area contributed by atoms with Gasteiger partial charge in [0.15, 0.2) is 0 Å². The number of hydrogen-bond acceptors (Lipinski definition) is 7. The number of nitrogens with zero attached hydrogens (tertiary/aromatic N) is 5. The Labute approximate surface area is 152 Å². The largest absolute Gasteiger partial charge is 0.379 e. The molecule has 1 atom stereocenters. The van der Waals surface area contributed by atoms with Gasteiger partial charge in [-0.25, -0.2) is 9.97 Å². The highest BCUT2D eigenvalue weighted by Gasteiger charge is 2.39. The number of aryl methyl sites for hydroxylation is 1. The second-order valence-electron chi connectivity index (χ2n) is 7.21. The molecule has 2 aromatic heterocycles. The lowest BCUT2D eigenvalue weighted by molar-refractivity contribution is 0.0103. The molecule has 0 amide bonds. The molecule has 0 unspecified atom stereocenters. The van der Waals surface area contributed by atoms with Gasteiger partial charge in [0.25, 0.3) is 0 Å². The molecule has 2 aliphatic heterocycles. The topological polar surface area (TPSA) is 54.4 Å². The molecule has 4 rings (SSSR count). The summed E-state index contributed by atoms with van der Waals surface area (Å²) in [5, 5.41) is 3.33. The fraction of sp³-hybridized carbons (Fsp3) is 0.611. The first kappa shape index (κ1) is 16.9. The summed E-state index contributed by atoms with van der Waals surface area (Å²) in [6.45, 7) is 8.66. The van der Waals surface area contributed by atoms with Crippen molar-refractivity contribution in [2.45, 2.75) is 26.3 Å². The minimum atomic E-state index is 0.164. The molecule has 2 aliphatic rings. The van der Waals surface area contributed by atoms with E-state index >= 15 is 0 Å². The maximum Gasteiger partial charge on any atom is 0.147 e. The van der Waals surface area contributed by atoms with Crippen molar-refractivity contribution >= 4 is 17.2 Å². The molecular weight excluding hydrogens is 334 g/mol. The lowest BCUT2D eigenvalue weighted by Gasteiger charge is -2.43. The maximum absolute atomic E-state index is 6.01. The Morgan fingerprint density at radius 2 is 2.24 bits per heavy atom. The van der Waals surface area contributed by atoms with E-state index in [9.17, 15) is 0 Å². The Morgan fingerprint density at radius 1 is 1.28 bits per heavy atom. The highest BCUT2D eigenvalue weighted by Crippen LogP contribution is 2.34. The first-order valence-corrected chi connectivity index (χ1v) is 9.83. The predicted molar refractivity (Wildman–Crippen MR) is 98.9 cm³/mol. The van der Waals surface area contributed by atoms with E-state index in [1.165, 1.54) is 18.5 Å². The van der Waals surface area contributed by atoms with Crippen LogP contribution in [0.25, 0.3) is 0 Å². The summed E-state index contributed by atoms with van der Waals surface area (Å²) in [5.74, 6) is 0.958. The Hall–Kier alpha value is -1.57. The Morgan fingerprint density at radius 3 is 3.04 bits per heavy atom. The van der Waals surface area contributed by atoms with E-state index < -0.39 is 0 Å². The number of anilines is 1. The van der Waals surface area contributed by atoms with Crippen LogP contribution < -0.4 is 4.90 Å². The molecule has 6 nitrogen and oxygen atoms in total. The minimum Gasteiger partial charge on any atom is -0.379 e. The van der Waals surface area contributed by atoms with Crippen LogP contribution in [0, 0.1) is 12.3 Å². The van der Waals surface area contributed by atoms with Gasteiger partial charge in [-0.15, -0.1) is 11.3 Å². The molecule has 0 bridgehead atoms. The standard InChI is InChI=1S/C18H25N5OS/c1-15-21-16(11-25-15)10-22-6-2-3-18(12-22)13-23(7-8-24-14-18)17-9-19-4-5-20-17/h4-5,9,11H,2-3,6-8,10,12-14H2,1H3/t18-/m1/s1. The van der Waals surface area contributed by atoms with Crippen molar-refractivity contribution in [2.24, 2.45) is 5.41 Å². The smallest absolute Gasteiger partial charge is 0.147 e. The summed E-state index contributed by atoms with van der Waals surface area (Å²) in [5.41, 5.74) is 1.36. The Kier molecular flexibility index (Phi) is 4.96. The van der Waals surface area contributed by atoms with Crippen LogP contribution in [0.15, 0.2) is 24.0 Å². The number of hydrogen-bond donors (Lipinski definition) is 0. The average Bonchev–Trinajstić information content (AvgIpc) is 2.92. The average molecular weight is 359 g/mol. The Balaban J connectivity index is 1.48. The van der Waals surface area contributed by atoms with Crippen molar-refractivity contribution in [3.63, 3.8) is 0 Å². The minimum absolute atomic E-state index is 0.164. The highest BCUT2D eigenvalue weighted by molar-refractivity contribution is 7.09. The van der Waals surface area contributed by atoms with Crippen LogP contribution in [-0.4, -0.2) is 59.2 Å². The van der Waals surface area contributed by atoms with Gasteiger partial charge in [0.1, 0.15) is 5.82 Å². The first-order valence-electron chi connectivity index (χ1n) is 8.95. The molecule has 7 heteroatoms. The van der Waals surface area contributed by atoms with Crippen molar-refractivity contribution in [1.29, 1.82) is 0 Å². The van der Waals surface area contributed by atoms with Gasteiger partial charge in [0, 0.05) is 49.4 Å². The third-order valence-electron chi connectivity index (χ3n) is 5.11. The fourth-order valence-electron chi connectivity index (χ4n) is 4.04. The van der Waals surface area contributed by atoms with E-state index in [0.29, 0.717) is 0 Å². The van der Waals surface area contributed by atoms with Crippen LogP contribution >= 0.6 is 11.3 Å². The predicted octanol–water partition coefficient (Wildman–Crippen LogP) is 2.36. The van der Waals surface area contributed by atoms with Crippen LogP contribution in [0.2, 0.25) is 0 Å². The molecule has 2 fully saturated rings. The Bertz CT molecular complexity index is 694. The lowest BCUT2D eigenvalue weighted by Crippen LogP contribution is -2.50. The van der Waals surface area contributed by atoms with Crippen molar-refractivity contribution < 1.29 is 4.74 Å². The third kappa shape index (κ3) is 3.99. The number of ether oxygens (including phenoxy) is 1. The summed E-state index contributed by atoms with van der Waals surface area (Å²) in [6.07, 6.45) is 7.77. The van der Waals surface area contributed by atoms with Crippen molar-refractivity contribution in [3.8, 4) is 0 Å². The van der Waals surface area contributed by atoms with E-state index in [0.717, 1.165) is 56.8 Å². The normalized spacial score (nSPS) is 25.2. The SMILES string of the molecule is Cc1nc(CN2CCC[C@@]3(COCCN(c4cnccn4)C3)C2)cs1. The number of aromatic nitrogens is 3. The second-order valence-corrected chi connectivity index (χ2v) is 8.27.